The SMILES string of the molecule is C[C@H](NC(=O)c1ccco1)C(=O)N1CCC[C@H]1c1ccc(Br)cc1. The van der Waals surface area contributed by atoms with E-state index in [2.05, 4.69) is 21.2 Å². The average molecular weight is 391 g/mol. The fraction of sp³-hybridized carbons (Fsp3) is 0.333. The molecule has 0 bridgehead atoms. The molecule has 3 rings (SSSR count). The highest BCUT2D eigenvalue weighted by Crippen LogP contribution is 2.32. The van der Waals surface area contributed by atoms with Gasteiger partial charge in [0.1, 0.15) is 6.04 Å². The molecular formula is C18H19BrN2O3. The van der Waals surface area contributed by atoms with Crippen LogP contribution in [0.4, 0.5) is 0 Å². The van der Waals surface area contributed by atoms with Gasteiger partial charge in [0.05, 0.1) is 12.3 Å². The van der Waals surface area contributed by atoms with Gasteiger partial charge in [0.2, 0.25) is 5.91 Å². The standard InChI is InChI=1S/C18H19BrN2O3/c1-12(20-17(22)16-5-3-11-24-16)18(23)21-10-2-4-15(21)13-6-8-14(19)9-7-13/h3,5-9,11-12,15H,2,4,10H2,1H3,(H,20,22)/t12-,15-/m0/s1. The molecule has 2 aromatic rings. The third-order valence-corrected chi connectivity index (χ3v) is 4.78. The lowest BCUT2D eigenvalue weighted by Crippen LogP contribution is -2.46. The van der Waals surface area contributed by atoms with E-state index >= 15 is 0 Å². The Morgan fingerprint density at radius 3 is 2.71 bits per heavy atom. The zero-order valence-corrected chi connectivity index (χ0v) is 15.0. The molecule has 1 N–H and O–H groups in total. The summed E-state index contributed by atoms with van der Waals surface area (Å²) in [6, 6.07) is 10.7. The van der Waals surface area contributed by atoms with Crippen LogP contribution in [-0.4, -0.2) is 29.3 Å². The summed E-state index contributed by atoms with van der Waals surface area (Å²) in [6.07, 6.45) is 3.34. The number of carbonyl (C=O) groups excluding carboxylic acids is 2. The van der Waals surface area contributed by atoms with E-state index in [1.807, 2.05) is 29.2 Å². The number of hydrogen-bond donors (Lipinski definition) is 1. The van der Waals surface area contributed by atoms with Crippen molar-refractivity contribution in [1.29, 1.82) is 0 Å². The van der Waals surface area contributed by atoms with Crippen molar-refractivity contribution < 1.29 is 14.0 Å². The summed E-state index contributed by atoms with van der Waals surface area (Å²) in [5.41, 5.74) is 1.12. The van der Waals surface area contributed by atoms with E-state index in [4.69, 9.17) is 4.42 Å². The number of nitrogens with one attached hydrogen (secondary N) is 1. The molecule has 1 saturated heterocycles. The third kappa shape index (κ3) is 3.53. The summed E-state index contributed by atoms with van der Waals surface area (Å²) in [7, 11) is 0. The molecule has 1 aliphatic heterocycles. The van der Waals surface area contributed by atoms with E-state index < -0.39 is 6.04 Å². The second kappa shape index (κ2) is 7.21. The van der Waals surface area contributed by atoms with Crippen molar-refractivity contribution in [3.05, 3.63) is 58.5 Å². The molecule has 1 aliphatic rings. The van der Waals surface area contributed by atoms with Crippen LogP contribution in [0.2, 0.25) is 0 Å². The summed E-state index contributed by atoms with van der Waals surface area (Å²) in [5.74, 6) is -0.235. The molecule has 2 amide bonds. The summed E-state index contributed by atoms with van der Waals surface area (Å²) in [6.45, 7) is 2.42. The number of furan rings is 1. The van der Waals surface area contributed by atoms with Crippen LogP contribution < -0.4 is 5.32 Å². The van der Waals surface area contributed by atoms with Crippen molar-refractivity contribution in [1.82, 2.24) is 10.2 Å². The van der Waals surface area contributed by atoms with E-state index in [9.17, 15) is 9.59 Å². The average Bonchev–Trinajstić information content (AvgIpc) is 3.26. The molecule has 6 heteroatoms. The molecular weight excluding hydrogens is 372 g/mol. The van der Waals surface area contributed by atoms with Crippen molar-refractivity contribution >= 4 is 27.7 Å². The molecule has 0 unspecified atom stereocenters. The number of amides is 2. The summed E-state index contributed by atoms with van der Waals surface area (Å²) in [5, 5.41) is 2.71. The number of nitrogens with zero attached hydrogens (tertiary/aromatic N) is 1. The minimum Gasteiger partial charge on any atom is -0.459 e. The van der Waals surface area contributed by atoms with Gasteiger partial charge < -0.3 is 14.6 Å². The Morgan fingerprint density at radius 1 is 1.29 bits per heavy atom. The number of benzene rings is 1. The molecule has 5 nitrogen and oxygen atoms in total. The Kier molecular flexibility index (Phi) is 5.04. The molecule has 2 heterocycles. The molecule has 0 saturated carbocycles. The largest absolute Gasteiger partial charge is 0.459 e. The first-order valence-corrected chi connectivity index (χ1v) is 8.76. The Balaban J connectivity index is 1.68. The highest BCUT2D eigenvalue weighted by molar-refractivity contribution is 9.10. The van der Waals surface area contributed by atoms with Crippen LogP contribution in [0.25, 0.3) is 0 Å². The highest BCUT2D eigenvalue weighted by Gasteiger charge is 2.33. The van der Waals surface area contributed by atoms with E-state index in [-0.39, 0.29) is 23.6 Å². The fourth-order valence-electron chi connectivity index (χ4n) is 3.05. The lowest BCUT2D eigenvalue weighted by atomic mass is 10.0. The second-order valence-corrected chi connectivity index (χ2v) is 6.83. The smallest absolute Gasteiger partial charge is 0.287 e. The monoisotopic (exact) mass is 390 g/mol. The van der Waals surface area contributed by atoms with Crippen molar-refractivity contribution in [2.45, 2.75) is 31.8 Å². The van der Waals surface area contributed by atoms with E-state index in [1.54, 1.807) is 19.1 Å². The third-order valence-electron chi connectivity index (χ3n) is 4.25. The van der Waals surface area contributed by atoms with Gasteiger partial charge in [0.25, 0.3) is 5.91 Å². The molecule has 1 aromatic carbocycles. The van der Waals surface area contributed by atoms with Crippen molar-refractivity contribution in [3.63, 3.8) is 0 Å². The fourth-order valence-corrected chi connectivity index (χ4v) is 3.31. The van der Waals surface area contributed by atoms with Crippen molar-refractivity contribution in [3.8, 4) is 0 Å². The maximum atomic E-state index is 12.8. The van der Waals surface area contributed by atoms with E-state index in [1.165, 1.54) is 6.26 Å². The summed E-state index contributed by atoms with van der Waals surface area (Å²) < 4.78 is 6.08. The number of likely N-dealkylation sites (tertiary alicyclic amines) is 1. The maximum Gasteiger partial charge on any atom is 0.287 e. The molecule has 24 heavy (non-hydrogen) atoms. The zero-order chi connectivity index (χ0) is 17.1. The second-order valence-electron chi connectivity index (χ2n) is 5.91. The van der Waals surface area contributed by atoms with Gasteiger partial charge in [0.15, 0.2) is 5.76 Å². The van der Waals surface area contributed by atoms with Gasteiger partial charge in [-0.15, -0.1) is 0 Å². The predicted molar refractivity (Wildman–Crippen MR) is 93.5 cm³/mol. The van der Waals surface area contributed by atoms with Crippen LogP contribution in [-0.2, 0) is 4.79 Å². The van der Waals surface area contributed by atoms with Gasteiger partial charge in [-0.25, -0.2) is 0 Å². The van der Waals surface area contributed by atoms with Crippen molar-refractivity contribution in [2.75, 3.05) is 6.54 Å². The summed E-state index contributed by atoms with van der Waals surface area (Å²) >= 11 is 3.43. The Bertz CT molecular complexity index is 712. The van der Waals surface area contributed by atoms with Gasteiger partial charge >= 0.3 is 0 Å². The molecule has 0 aliphatic carbocycles. The van der Waals surface area contributed by atoms with Crippen LogP contribution >= 0.6 is 15.9 Å². The Hall–Kier alpha value is -2.08. The zero-order valence-electron chi connectivity index (χ0n) is 13.4. The molecule has 0 spiro atoms. The predicted octanol–water partition coefficient (Wildman–Crippen LogP) is 3.52. The van der Waals surface area contributed by atoms with Crippen molar-refractivity contribution in [2.24, 2.45) is 0 Å². The number of halogens is 1. The van der Waals surface area contributed by atoms with Crippen LogP contribution in [0, 0.1) is 0 Å². The summed E-state index contributed by atoms with van der Waals surface area (Å²) in [4.78, 5) is 26.7. The minimum absolute atomic E-state index is 0.0635. The van der Waals surface area contributed by atoms with Gasteiger partial charge in [0, 0.05) is 11.0 Å². The first kappa shape index (κ1) is 16.8. The van der Waals surface area contributed by atoms with Crippen LogP contribution in [0.3, 0.4) is 0 Å². The molecule has 0 radical (unpaired) electrons. The number of carbonyl (C=O) groups is 2. The molecule has 2 atom stereocenters. The Labute approximate surface area is 149 Å². The maximum absolute atomic E-state index is 12.8. The molecule has 1 aromatic heterocycles. The van der Waals surface area contributed by atoms with Gasteiger partial charge in [-0.2, -0.15) is 0 Å². The van der Waals surface area contributed by atoms with Gasteiger partial charge in [-0.3, -0.25) is 9.59 Å². The minimum atomic E-state index is -0.598. The Morgan fingerprint density at radius 2 is 2.04 bits per heavy atom. The van der Waals surface area contributed by atoms with Gasteiger partial charge in [-0.1, -0.05) is 28.1 Å². The topological polar surface area (TPSA) is 62.6 Å². The van der Waals surface area contributed by atoms with Gasteiger partial charge in [-0.05, 0) is 49.6 Å². The molecule has 1 fully saturated rings. The number of hydrogen-bond acceptors (Lipinski definition) is 3. The van der Waals surface area contributed by atoms with Crippen LogP contribution in [0.5, 0.6) is 0 Å². The highest BCUT2D eigenvalue weighted by atomic mass is 79.9. The quantitative estimate of drug-likeness (QED) is 0.868. The lowest BCUT2D eigenvalue weighted by Gasteiger charge is -2.28. The van der Waals surface area contributed by atoms with Crippen LogP contribution in [0.15, 0.2) is 51.6 Å². The number of rotatable bonds is 4. The first-order valence-electron chi connectivity index (χ1n) is 7.96. The van der Waals surface area contributed by atoms with E-state index in [0.29, 0.717) is 6.54 Å². The molecule has 126 valence electrons. The first-order chi connectivity index (χ1) is 11.6. The van der Waals surface area contributed by atoms with Crippen LogP contribution in [0.1, 0.15) is 41.9 Å². The lowest BCUT2D eigenvalue weighted by molar-refractivity contribution is -0.133. The normalized spacial score (nSPS) is 18.4. The van der Waals surface area contributed by atoms with E-state index in [0.717, 1.165) is 22.9 Å².